The molecule has 2 atom stereocenters. The number of benzene rings is 8. The van der Waals surface area contributed by atoms with Gasteiger partial charge in [-0.1, -0.05) is 214 Å². The Hall–Kier alpha value is -4.26. The van der Waals surface area contributed by atoms with Gasteiger partial charge in [-0.3, -0.25) is 0 Å². The first kappa shape index (κ1) is 52.6. The zero-order valence-electron chi connectivity index (χ0n) is 41.3. The molecule has 0 spiro atoms. The minimum atomic E-state index is -0.707. The van der Waals surface area contributed by atoms with Gasteiger partial charge >= 0.3 is 34.5 Å². The second-order valence-electron chi connectivity index (χ2n) is 18.9. The minimum absolute atomic E-state index is 0.163. The first-order valence-electron chi connectivity index (χ1n) is 23.8. The molecule has 356 valence electrons. The zero-order valence-corrected chi connectivity index (χ0v) is 46.3. The normalized spacial score (nSPS) is 13.0. The van der Waals surface area contributed by atoms with Crippen molar-refractivity contribution in [2.75, 3.05) is 0 Å². The molecule has 4 aliphatic rings. The van der Waals surface area contributed by atoms with E-state index in [1.54, 1.807) is 0 Å². The topological polar surface area (TPSA) is 52.0 Å². The molecule has 2 nitrogen and oxygen atoms in total. The van der Waals surface area contributed by atoms with Crippen LogP contribution >= 0.6 is 35.2 Å². The van der Waals surface area contributed by atoms with Crippen LogP contribution in [-0.4, -0.2) is 0 Å². The Morgan fingerprint density at radius 3 is 0.884 bits per heavy atom. The third kappa shape index (κ3) is 14.0. The molecule has 0 heterocycles. The summed E-state index contributed by atoms with van der Waals surface area (Å²) in [6, 6.07) is 63.4. The van der Waals surface area contributed by atoms with Crippen molar-refractivity contribution in [1.82, 2.24) is 0 Å². The van der Waals surface area contributed by atoms with Crippen LogP contribution < -0.4 is 43.3 Å². The molecule has 4 bridgehead atoms. The quantitative estimate of drug-likeness (QED) is 0.112. The maximum atomic E-state index is 6.15. The van der Waals surface area contributed by atoms with Crippen molar-refractivity contribution < 1.29 is 15.1 Å². The van der Waals surface area contributed by atoms with Gasteiger partial charge in [-0.25, -0.2) is 0 Å². The van der Waals surface area contributed by atoms with Crippen LogP contribution in [0.2, 0.25) is 0 Å². The van der Waals surface area contributed by atoms with Crippen molar-refractivity contribution >= 4 is 67.1 Å². The van der Waals surface area contributed by atoms with Crippen molar-refractivity contribution in [2.24, 2.45) is 11.5 Å². The SMILES string of the molecule is Cc1cc(C)cc(P(c2cc(C)cc(C)c2)c2cc3ccc2CCc2ccc(c(P(c4cc(C)cc(C)c4)c4cc(C)cc(C)c4)c2)CC3)c1.N[C@@H](c1ccccc1)[C@@H](N)c1ccccc1.[Cl][Ru][Cl]. The predicted molar refractivity (Wildman–Crippen MR) is 301 cm³/mol. The van der Waals surface area contributed by atoms with E-state index in [1.807, 2.05) is 60.7 Å². The van der Waals surface area contributed by atoms with Crippen molar-refractivity contribution in [3.63, 3.8) is 0 Å². The molecule has 4 N–H and O–H groups in total. The Morgan fingerprint density at radius 1 is 0.362 bits per heavy atom. The van der Waals surface area contributed by atoms with Crippen LogP contribution in [0.25, 0.3) is 0 Å². The van der Waals surface area contributed by atoms with E-state index >= 15 is 0 Å². The summed E-state index contributed by atoms with van der Waals surface area (Å²) in [6.45, 7) is 18.0. The van der Waals surface area contributed by atoms with E-state index in [0.29, 0.717) is 0 Å². The molecule has 8 aromatic carbocycles. The summed E-state index contributed by atoms with van der Waals surface area (Å²) in [4.78, 5) is 0. The van der Waals surface area contributed by atoms with Crippen LogP contribution in [0.5, 0.6) is 0 Å². The molecule has 0 saturated heterocycles. The summed E-state index contributed by atoms with van der Waals surface area (Å²) in [6.07, 6.45) is 4.14. The van der Waals surface area contributed by atoms with Crippen LogP contribution in [0, 0.1) is 55.4 Å². The van der Waals surface area contributed by atoms with Gasteiger partial charge in [0.2, 0.25) is 0 Å². The van der Waals surface area contributed by atoms with Crippen molar-refractivity contribution in [1.29, 1.82) is 0 Å². The van der Waals surface area contributed by atoms with Gasteiger partial charge in [0, 0.05) is 12.1 Å². The van der Waals surface area contributed by atoms with Crippen molar-refractivity contribution in [2.45, 2.75) is 93.2 Å². The third-order valence-corrected chi connectivity index (χ3v) is 17.7. The summed E-state index contributed by atoms with van der Waals surface area (Å²) in [7, 11) is 8.29. The van der Waals surface area contributed by atoms with E-state index in [1.165, 1.54) is 98.6 Å². The van der Waals surface area contributed by atoms with Crippen LogP contribution in [-0.2, 0) is 40.8 Å². The predicted octanol–water partition coefficient (Wildman–Crippen LogP) is 13.3. The first-order chi connectivity index (χ1) is 33.2. The molecule has 0 radical (unpaired) electrons. The Bertz CT molecular complexity index is 2610. The Morgan fingerprint density at radius 2 is 0.623 bits per heavy atom. The molecular formula is C62H66Cl2N2P2Ru. The summed E-state index contributed by atoms with van der Waals surface area (Å²) < 4.78 is 0. The fourth-order valence-electron chi connectivity index (χ4n) is 9.87. The van der Waals surface area contributed by atoms with E-state index in [0.717, 1.165) is 36.8 Å². The molecule has 8 aromatic rings. The molecule has 0 fully saturated rings. The van der Waals surface area contributed by atoms with Crippen LogP contribution in [0.1, 0.15) is 90.0 Å². The van der Waals surface area contributed by atoms with Crippen molar-refractivity contribution in [3.8, 4) is 0 Å². The molecule has 7 heteroatoms. The molecule has 4 aliphatic carbocycles. The molecule has 0 amide bonds. The van der Waals surface area contributed by atoms with Gasteiger partial charge in [0.25, 0.3) is 0 Å². The number of hydrogen-bond donors (Lipinski definition) is 2. The monoisotopic (exact) mass is 1070 g/mol. The molecule has 0 unspecified atom stereocenters. The van der Waals surface area contributed by atoms with E-state index in [2.05, 4.69) is 165 Å². The van der Waals surface area contributed by atoms with Gasteiger partial charge in [-0.15, -0.1) is 0 Å². The molecule has 0 aliphatic heterocycles. The Kier molecular flexibility index (Phi) is 18.8. The van der Waals surface area contributed by atoms with Gasteiger partial charge in [-0.05, 0) is 162 Å². The zero-order chi connectivity index (χ0) is 49.2. The molecule has 0 saturated carbocycles. The summed E-state index contributed by atoms with van der Waals surface area (Å²) in [5.41, 5.74) is 31.1. The van der Waals surface area contributed by atoms with Gasteiger partial charge in [-0.2, -0.15) is 0 Å². The fourth-order valence-corrected chi connectivity index (χ4v) is 15.8. The van der Waals surface area contributed by atoms with E-state index in [9.17, 15) is 0 Å². The fraction of sp³-hybridized carbons (Fsp3) is 0.226. The van der Waals surface area contributed by atoms with Gasteiger partial charge in [0.1, 0.15) is 0 Å². The first-order valence-corrected chi connectivity index (χ1v) is 31.0. The average molecular weight is 1070 g/mol. The summed E-state index contributed by atoms with van der Waals surface area (Å²) >= 11 is -0.346. The van der Waals surface area contributed by atoms with E-state index in [4.69, 9.17) is 30.8 Å². The number of nitrogens with two attached hydrogens (primary N) is 2. The number of aryl methyl sites for hydroxylation is 12. The standard InChI is InChI=1S/C48H50P2.C14H16N2.2ClH.Ru/c1-31-17-32(2)22-43(21-31)49(44-23-33(3)18-34(4)24-44)47-29-39-9-13-41(47)15-11-40-10-14-42(16-12-39)48(30-40)50(45-25-35(5)19-36(6)26-45)46-27-37(7)20-38(8)28-46;15-13(11-7-3-1-4-8-11)14(16)12-9-5-2-6-10-12;;;/h9-10,13-14,17-30H,11-12,15-16H2,1-8H3;1-10,13-14H,15-16H2;2*1H;/q;;;;+2/p-2/t;13-,14-;;;/m.0.../s1. The second-order valence-corrected chi connectivity index (χ2v) is 25.9. The second kappa shape index (κ2) is 24.7. The molecular weight excluding hydrogens is 1010 g/mol. The number of hydrogen-bond acceptors (Lipinski definition) is 2. The number of halogens is 2. The van der Waals surface area contributed by atoms with Crippen LogP contribution in [0.3, 0.4) is 0 Å². The molecule has 12 rings (SSSR count). The Labute approximate surface area is 431 Å². The summed E-state index contributed by atoms with van der Waals surface area (Å²) in [5, 5.41) is 8.93. The van der Waals surface area contributed by atoms with E-state index in [-0.39, 0.29) is 27.2 Å². The number of rotatable bonds is 9. The molecule has 0 aromatic heterocycles. The van der Waals surface area contributed by atoms with Crippen LogP contribution in [0.15, 0.2) is 170 Å². The van der Waals surface area contributed by atoms with Crippen LogP contribution in [0.4, 0.5) is 0 Å². The maximum absolute atomic E-state index is 6.15. The van der Waals surface area contributed by atoms with Gasteiger partial charge < -0.3 is 11.5 Å². The summed E-state index contributed by atoms with van der Waals surface area (Å²) in [5.74, 6) is 0. The average Bonchev–Trinajstić information content (AvgIpc) is 3.30. The van der Waals surface area contributed by atoms with Gasteiger partial charge in [0.05, 0.1) is 0 Å². The van der Waals surface area contributed by atoms with Crippen molar-refractivity contribution in [3.05, 3.63) is 248 Å². The van der Waals surface area contributed by atoms with E-state index < -0.39 is 15.8 Å². The van der Waals surface area contributed by atoms with Gasteiger partial charge in [0.15, 0.2) is 0 Å². The Balaban J connectivity index is 0.000000309. The molecule has 69 heavy (non-hydrogen) atoms. The third-order valence-electron chi connectivity index (χ3n) is 12.8.